The number of hydrogen-bond acceptors (Lipinski definition) is 6. The summed E-state index contributed by atoms with van der Waals surface area (Å²) in [6, 6.07) is 0. The molecule has 0 heterocycles. The highest BCUT2D eigenvalue weighted by Gasteiger charge is 2.19. The highest BCUT2D eigenvalue weighted by Crippen LogP contribution is 2.16. The van der Waals surface area contributed by atoms with Gasteiger partial charge in [-0.15, -0.1) is 0 Å². The lowest BCUT2D eigenvalue weighted by Gasteiger charge is -2.18. The zero-order chi connectivity index (χ0) is 38.5. The molecule has 0 unspecified atom stereocenters. The maximum atomic E-state index is 12.7. The molecule has 0 aromatic heterocycles. The maximum absolute atomic E-state index is 12.7. The molecule has 0 rings (SSSR count). The summed E-state index contributed by atoms with van der Waals surface area (Å²) in [5, 5.41) is 0. The summed E-state index contributed by atoms with van der Waals surface area (Å²) in [5.41, 5.74) is 0. The van der Waals surface area contributed by atoms with E-state index in [0.29, 0.717) is 19.3 Å². The Balaban J connectivity index is 4.31. The fraction of sp³-hybridized carbons (Fsp3) is 0.935. The molecule has 0 aliphatic carbocycles. The van der Waals surface area contributed by atoms with E-state index < -0.39 is 6.10 Å². The summed E-state index contributed by atoms with van der Waals surface area (Å²) < 4.78 is 16.7. The van der Waals surface area contributed by atoms with Gasteiger partial charge in [-0.3, -0.25) is 14.4 Å². The van der Waals surface area contributed by atoms with Crippen LogP contribution in [0.25, 0.3) is 0 Å². The maximum Gasteiger partial charge on any atom is 0.306 e. The zero-order valence-corrected chi connectivity index (χ0v) is 35.6. The summed E-state index contributed by atoms with van der Waals surface area (Å²) in [7, 11) is 0. The van der Waals surface area contributed by atoms with Gasteiger partial charge in [-0.1, -0.05) is 202 Å². The molecule has 0 spiro atoms. The van der Waals surface area contributed by atoms with Gasteiger partial charge in [-0.2, -0.15) is 0 Å². The monoisotopic (exact) mass is 737 g/mol. The molecular weight excluding hydrogens is 648 g/mol. The standard InChI is InChI=1S/C46H88O6/c1-40(2)32-26-20-14-10-8-7-9-11-16-23-29-35-44(47)50-38-43(52-46(49)37-31-25-19-18-22-28-34-42(5)6)39-51-45(48)36-30-24-17-13-12-15-21-27-33-41(3)4/h40-43H,7-39H2,1-6H3/t43-/m0/s1. The first-order valence-electron chi connectivity index (χ1n) is 22.6. The molecule has 0 radical (unpaired) electrons. The highest BCUT2D eigenvalue weighted by molar-refractivity contribution is 5.71. The van der Waals surface area contributed by atoms with E-state index in [1.54, 1.807) is 0 Å². The average Bonchev–Trinajstić information content (AvgIpc) is 3.09. The summed E-state index contributed by atoms with van der Waals surface area (Å²) in [5.74, 6) is 1.51. The van der Waals surface area contributed by atoms with Gasteiger partial charge in [0, 0.05) is 19.3 Å². The van der Waals surface area contributed by atoms with Gasteiger partial charge in [0.25, 0.3) is 0 Å². The van der Waals surface area contributed by atoms with Crippen molar-refractivity contribution in [1.29, 1.82) is 0 Å². The van der Waals surface area contributed by atoms with Crippen LogP contribution in [-0.4, -0.2) is 37.2 Å². The van der Waals surface area contributed by atoms with E-state index >= 15 is 0 Å². The normalized spacial score (nSPS) is 12.2. The van der Waals surface area contributed by atoms with Crippen molar-refractivity contribution in [2.45, 2.75) is 247 Å². The van der Waals surface area contributed by atoms with E-state index in [-0.39, 0.29) is 31.1 Å². The van der Waals surface area contributed by atoms with Crippen LogP contribution >= 0.6 is 0 Å². The Morgan fingerprint density at radius 1 is 0.327 bits per heavy atom. The van der Waals surface area contributed by atoms with Crippen LogP contribution in [0, 0.1) is 17.8 Å². The lowest BCUT2D eigenvalue weighted by molar-refractivity contribution is -0.167. The lowest BCUT2D eigenvalue weighted by atomic mass is 10.0. The van der Waals surface area contributed by atoms with Crippen LogP contribution in [0.3, 0.4) is 0 Å². The van der Waals surface area contributed by atoms with E-state index in [1.807, 2.05) is 0 Å². The molecule has 0 amide bonds. The van der Waals surface area contributed by atoms with E-state index in [0.717, 1.165) is 75.5 Å². The van der Waals surface area contributed by atoms with E-state index in [1.165, 1.54) is 122 Å². The fourth-order valence-electron chi connectivity index (χ4n) is 6.70. The molecule has 0 aliphatic heterocycles. The number of unbranched alkanes of at least 4 members (excludes halogenated alkanes) is 22. The van der Waals surface area contributed by atoms with Crippen LogP contribution in [0.4, 0.5) is 0 Å². The quantitative estimate of drug-likeness (QED) is 0.0355. The van der Waals surface area contributed by atoms with Crippen LogP contribution in [0.5, 0.6) is 0 Å². The molecular formula is C46H88O6. The summed E-state index contributed by atoms with van der Waals surface area (Å²) in [6.07, 6.45) is 33.9. The average molecular weight is 737 g/mol. The second-order valence-electron chi connectivity index (χ2n) is 17.1. The van der Waals surface area contributed by atoms with Crippen molar-refractivity contribution in [3.05, 3.63) is 0 Å². The van der Waals surface area contributed by atoms with Gasteiger partial charge in [-0.25, -0.2) is 0 Å². The van der Waals surface area contributed by atoms with Crippen molar-refractivity contribution in [2.24, 2.45) is 17.8 Å². The van der Waals surface area contributed by atoms with Crippen molar-refractivity contribution < 1.29 is 28.6 Å². The van der Waals surface area contributed by atoms with Crippen molar-refractivity contribution >= 4 is 17.9 Å². The fourth-order valence-corrected chi connectivity index (χ4v) is 6.70. The lowest BCUT2D eigenvalue weighted by Crippen LogP contribution is -2.30. The largest absolute Gasteiger partial charge is 0.462 e. The Labute approximate surface area is 323 Å². The van der Waals surface area contributed by atoms with Crippen molar-refractivity contribution in [3.63, 3.8) is 0 Å². The number of hydrogen-bond donors (Lipinski definition) is 0. The van der Waals surface area contributed by atoms with E-state index in [9.17, 15) is 14.4 Å². The Hall–Kier alpha value is -1.59. The third-order valence-electron chi connectivity index (χ3n) is 10.1. The summed E-state index contributed by atoms with van der Waals surface area (Å²) in [4.78, 5) is 37.6. The van der Waals surface area contributed by atoms with Crippen LogP contribution < -0.4 is 0 Å². The minimum atomic E-state index is -0.762. The van der Waals surface area contributed by atoms with Crippen molar-refractivity contribution in [1.82, 2.24) is 0 Å². The van der Waals surface area contributed by atoms with Crippen molar-refractivity contribution in [3.8, 4) is 0 Å². The van der Waals surface area contributed by atoms with Crippen molar-refractivity contribution in [2.75, 3.05) is 13.2 Å². The molecule has 0 fully saturated rings. The molecule has 6 nitrogen and oxygen atoms in total. The SMILES string of the molecule is CC(C)CCCCCCCCCCCCCC(=O)OC[C@@H](COC(=O)CCCCCCCCCCC(C)C)OC(=O)CCCCCCCCC(C)C. The molecule has 0 N–H and O–H groups in total. The topological polar surface area (TPSA) is 78.9 Å². The molecule has 0 aliphatic rings. The van der Waals surface area contributed by atoms with Crippen LogP contribution in [0.15, 0.2) is 0 Å². The predicted molar refractivity (Wildman–Crippen MR) is 219 cm³/mol. The van der Waals surface area contributed by atoms with Gasteiger partial charge in [0.2, 0.25) is 0 Å². The molecule has 1 atom stereocenters. The second kappa shape index (κ2) is 37.7. The number of ether oxygens (including phenoxy) is 3. The van der Waals surface area contributed by atoms with Crippen LogP contribution in [-0.2, 0) is 28.6 Å². The molecule has 52 heavy (non-hydrogen) atoms. The Morgan fingerprint density at radius 2 is 0.558 bits per heavy atom. The molecule has 308 valence electrons. The van der Waals surface area contributed by atoms with E-state index in [4.69, 9.17) is 14.2 Å². The first kappa shape index (κ1) is 50.4. The Bertz CT molecular complexity index is 807. The van der Waals surface area contributed by atoms with Gasteiger partial charge in [0.15, 0.2) is 6.10 Å². The smallest absolute Gasteiger partial charge is 0.306 e. The summed E-state index contributed by atoms with van der Waals surface area (Å²) in [6.45, 7) is 13.6. The van der Waals surface area contributed by atoms with Crippen LogP contribution in [0.2, 0.25) is 0 Å². The molecule has 0 aromatic carbocycles. The number of rotatable bonds is 39. The third-order valence-corrected chi connectivity index (χ3v) is 10.1. The highest BCUT2D eigenvalue weighted by atomic mass is 16.6. The molecule has 0 saturated heterocycles. The molecule has 0 bridgehead atoms. The first-order chi connectivity index (χ1) is 25.1. The molecule has 0 aromatic rings. The van der Waals surface area contributed by atoms with Gasteiger partial charge in [0.1, 0.15) is 13.2 Å². The van der Waals surface area contributed by atoms with Crippen LogP contribution in [0.1, 0.15) is 241 Å². The number of carbonyl (C=O) groups is 3. The zero-order valence-electron chi connectivity index (χ0n) is 35.6. The third kappa shape index (κ3) is 39.6. The number of esters is 3. The van der Waals surface area contributed by atoms with Gasteiger partial charge < -0.3 is 14.2 Å². The summed E-state index contributed by atoms with van der Waals surface area (Å²) >= 11 is 0. The van der Waals surface area contributed by atoms with Gasteiger partial charge >= 0.3 is 17.9 Å². The second-order valence-corrected chi connectivity index (χ2v) is 17.1. The van der Waals surface area contributed by atoms with Gasteiger partial charge in [0.05, 0.1) is 0 Å². The minimum Gasteiger partial charge on any atom is -0.462 e. The predicted octanol–water partition coefficient (Wildman–Crippen LogP) is 14.0. The number of carbonyl (C=O) groups excluding carboxylic acids is 3. The minimum absolute atomic E-state index is 0.0671. The first-order valence-corrected chi connectivity index (χ1v) is 22.6. The van der Waals surface area contributed by atoms with Gasteiger partial charge in [-0.05, 0) is 37.0 Å². The molecule has 0 saturated carbocycles. The van der Waals surface area contributed by atoms with E-state index in [2.05, 4.69) is 41.5 Å². The Kier molecular flexibility index (Phi) is 36.6. The Morgan fingerprint density at radius 3 is 0.827 bits per heavy atom. The molecule has 6 heteroatoms.